The van der Waals surface area contributed by atoms with Crippen molar-refractivity contribution in [2.75, 3.05) is 0 Å². The zero-order valence-corrected chi connectivity index (χ0v) is 9.38. The molecule has 1 rings (SSSR count). The summed E-state index contributed by atoms with van der Waals surface area (Å²) < 4.78 is 0. The van der Waals surface area contributed by atoms with Gasteiger partial charge in [-0.25, -0.2) is 0 Å². The fourth-order valence-corrected chi connectivity index (χ4v) is 2.53. The average molecular weight is 164 g/mol. The first-order chi connectivity index (χ1) is 5.38. The Balaban J connectivity index is 2.74. The Morgan fingerprint density at radius 2 is 1.91 bits per heavy atom. The van der Waals surface area contributed by atoms with E-state index in [9.17, 15) is 0 Å². The molecule has 0 bridgehead atoms. The third-order valence-corrected chi connectivity index (χ3v) is 3.24. The first-order valence-electron chi connectivity index (χ1n) is 4.43. The lowest BCUT2D eigenvalue weighted by Gasteiger charge is -2.11. The van der Waals surface area contributed by atoms with Gasteiger partial charge in [-0.2, -0.15) is 0 Å². The molecule has 0 aromatic heterocycles. The largest absolute Gasteiger partial charge is 0.0648 e. The van der Waals surface area contributed by atoms with Gasteiger partial charge in [0, 0.05) is 10.2 Å². The van der Waals surface area contributed by atoms with Crippen LogP contribution in [-0.2, 0) is 0 Å². The Bertz CT molecular complexity index is 189. The van der Waals surface area contributed by atoms with Crippen LogP contribution in [0.2, 0.25) is 6.04 Å². The van der Waals surface area contributed by atoms with Crippen molar-refractivity contribution in [3.05, 3.63) is 35.9 Å². The van der Waals surface area contributed by atoms with E-state index in [2.05, 4.69) is 37.3 Å². The normalized spacial score (nSPS) is 13.2. The molecule has 1 unspecified atom stereocenters. The summed E-state index contributed by atoms with van der Waals surface area (Å²) >= 11 is 0. The summed E-state index contributed by atoms with van der Waals surface area (Å²) in [5.74, 6) is 0.822. The van der Waals surface area contributed by atoms with Crippen LogP contribution in [0.25, 0.3) is 0 Å². The van der Waals surface area contributed by atoms with E-state index in [1.807, 2.05) is 0 Å². The van der Waals surface area contributed by atoms with Gasteiger partial charge in [0.2, 0.25) is 0 Å². The van der Waals surface area contributed by atoms with Crippen molar-refractivity contribution < 1.29 is 0 Å². The molecule has 0 N–H and O–H groups in total. The Kier molecular flexibility index (Phi) is 3.37. The van der Waals surface area contributed by atoms with Crippen LogP contribution in [-0.4, -0.2) is 10.2 Å². The monoisotopic (exact) mass is 164 g/mol. The SMILES string of the molecule is CCC(C[SiH3])c1ccccc1. The topological polar surface area (TPSA) is 0 Å². The van der Waals surface area contributed by atoms with E-state index in [1.54, 1.807) is 0 Å². The molecule has 1 aromatic carbocycles. The summed E-state index contributed by atoms with van der Waals surface area (Å²) in [7, 11) is 1.32. The fourth-order valence-electron chi connectivity index (χ4n) is 1.49. The molecule has 0 fully saturated rings. The van der Waals surface area contributed by atoms with Crippen LogP contribution in [0, 0.1) is 0 Å². The highest BCUT2D eigenvalue weighted by atomic mass is 28.1. The Morgan fingerprint density at radius 1 is 1.27 bits per heavy atom. The number of rotatable bonds is 3. The van der Waals surface area contributed by atoms with Gasteiger partial charge in [-0.3, -0.25) is 0 Å². The van der Waals surface area contributed by atoms with Gasteiger partial charge in [-0.05, 0) is 17.9 Å². The highest BCUT2D eigenvalue weighted by molar-refractivity contribution is 6.09. The van der Waals surface area contributed by atoms with Crippen molar-refractivity contribution in [2.24, 2.45) is 0 Å². The average Bonchev–Trinajstić information content (AvgIpc) is 2.09. The molecule has 11 heavy (non-hydrogen) atoms. The van der Waals surface area contributed by atoms with Crippen molar-refractivity contribution in [3.8, 4) is 0 Å². The lowest BCUT2D eigenvalue weighted by molar-refractivity contribution is 0.732. The van der Waals surface area contributed by atoms with Crippen LogP contribution in [0.3, 0.4) is 0 Å². The molecule has 0 saturated carbocycles. The van der Waals surface area contributed by atoms with Crippen molar-refractivity contribution in [2.45, 2.75) is 25.3 Å². The second-order valence-corrected chi connectivity index (χ2v) is 3.74. The molecule has 1 aromatic rings. The van der Waals surface area contributed by atoms with E-state index in [1.165, 1.54) is 28.3 Å². The smallest absolute Gasteiger partial charge is 0.00357 e. The number of hydrogen-bond acceptors (Lipinski definition) is 0. The predicted octanol–water partition coefficient (Wildman–Crippen LogP) is 1.96. The summed E-state index contributed by atoms with van der Waals surface area (Å²) in [6.07, 6.45) is 1.29. The molecule has 1 atom stereocenters. The molecule has 0 radical (unpaired) electrons. The standard InChI is InChI=1S/C10H16Si/c1-2-9(8-11)10-6-4-3-5-7-10/h3-7,9H,2,8H2,1,11H3. The maximum Gasteiger partial charge on any atom is 0.00357 e. The van der Waals surface area contributed by atoms with E-state index in [-0.39, 0.29) is 0 Å². The molecule has 1 heteroatoms. The van der Waals surface area contributed by atoms with Gasteiger partial charge in [0.1, 0.15) is 0 Å². The van der Waals surface area contributed by atoms with Crippen molar-refractivity contribution >= 4 is 10.2 Å². The fraction of sp³-hybridized carbons (Fsp3) is 0.400. The Morgan fingerprint density at radius 3 is 2.36 bits per heavy atom. The second-order valence-electron chi connectivity index (χ2n) is 2.92. The number of benzene rings is 1. The molecular weight excluding hydrogens is 148 g/mol. The summed E-state index contributed by atoms with van der Waals surface area (Å²) in [5, 5.41) is 0. The van der Waals surface area contributed by atoms with E-state index in [0.29, 0.717) is 0 Å². The molecule has 0 saturated heterocycles. The van der Waals surface area contributed by atoms with Crippen LogP contribution in [0.5, 0.6) is 0 Å². The Hall–Kier alpha value is -0.563. The minimum atomic E-state index is 0.822. The highest BCUT2D eigenvalue weighted by Crippen LogP contribution is 2.21. The van der Waals surface area contributed by atoms with Gasteiger partial charge >= 0.3 is 0 Å². The molecule has 0 aliphatic carbocycles. The van der Waals surface area contributed by atoms with Crippen LogP contribution in [0.1, 0.15) is 24.8 Å². The zero-order chi connectivity index (χ0) is 8.10. The molecule has 60 valence electrons. The van der Waals surface area contributed by atoms with Crippen molar-refractivity contribution in [3.63, 3.8) is 0 Å². The maximum absolute atomic E-state index is 2.27. The number of hydrogen-bond donors (Lipinski definition) is 0. The molecule has 0 spiro atoms. The highest BCUT2D eigenvalue weighted by Gasteiger charge is 2.03. The Labute approximate surface area is 72.1 Å². The van der Waals surface area contributed by atoms with Crippen LogP contribution in [0.15, 0.2) is 30.3 Å². The van der Waals surface area contributed by atoms with Crippen LogP contribution < -0.4 is 0 Å². The van der Waals surface area contributed by atoms with Crippen LogP contribution in [0.4, 0.5) is 0 Å². The van der Waals surface area contributed by atoms with Gasteiger partial charge in [-0.1, -0.05) is 43.3 Å². The third kappa shape index (κ3) is 2.19. The minimum absolute atomic E-state index is 0.822. The molecule has 0 nitrogen and oxygen atoms in total. The van der Waals surface area contributed by atoms with Crippen molar-refractivity contribution in [1.82, 2.24) is 0 Å². The first-order valence-corrected chi connectivity index (χ1v) is 5.84. The van der Waals surface area contributed by atoms with E-state index in [0.717, 1.165) is 5.92 Å². The van der Waals surface area contributed by atoms with Gasteiger partial charge in [0.05, 0.1) is 0 Å². The second kappa shape index (κ2) is 4.34. The van der Waals surface area contributed by atoms with Gasteiger partial charge in [0.25, 0.3) is 0 Å². The maximum atomic E-state index is 2.27. The third-order valence-electron chi connectivity index (χ3n) is 2.26. The van der Waals surface area contributed by atoms with Gasteiger partial charge in [0.15, 0.2) is 0 Å². The summed E-state index contributed by atoms with van der Waals surface area (Å²) in [6, 6.07) is 12.2. The quantitative estimate of drug-likeness (QED) is 0.599. The summed E-state index contributed by atoms with van der Waals surface area (Å²) in [5.41, 5.74) is 1.52. The van der Waals surface area contributed by atoms with Crippen LogP contribution >= 0.6 is 0 Å². The predicted molar refractivity (Wildman–Crippen MR) is 54.2 cm³/mol. The summed E-state index contributed by atoms with van der Waals surface area (Å²) in [4.78, 5) is 0. The molecule has 0 aliphatic heterocycles. The van der Waals surface area contributed by atoms with E-state index in [4.69, 9.17) is 0 Å². The molecular formula is C10H16Si. The van der Waals surface area contributed by atoms with Crippen molar-refractivity contribution in [1.29, 1.82) is 0 Å². The van der Waals surface area contributed by atoms with Gasteiger partial charge in [-0.15, -0.1) is 0 Å². The lowest BCUT2D eigenvalue weighted by Crippen LogP contribution is -1.94. The first kappa shape index (κ1) is 8.53. The van der Waals surface area contributed by atoms with E-state index >= 15 is 0 Å². The zero-order valence-electron chi connectivity index (χ0n) is 7.38. The summed E-state index contributed by atoms with van der Waals surface area (Å²) in [6.45, 7) is 2.27. The molecule has 0 heterocycles. The lowest BCUT2D eigenvalue weighted by atomic mass is 9.99. The van der Waals surface area contributed by atoms with Gasteiger partial charge < -0.3 is 0 Å². The molecule has 0 amide bonds. The molecule has 0 aliphatic rings. The van der Waals surface area contributed by atoms with E-state index < -0.39 is 0 Å². The minimum Gasteiger partial charge on any atom is -0.0648 e.